The molecule has 6 nitrogen and oxygen atoms in total. The minimum Gasteiger partial charge on any atom is -0.465 e. The summed E-state index contributed by atoms with van der Waals surface area (Å²) in [6, 6.07) is 0. The van der Waals surface area contributed by atoms with Gasteiger partial charge in [-0.2, -0.15) is 0 Å². The van der Waals surface area contributed by atoms with E-state index in [0.29, 0.717) is 13.1 Å². The molecule has 1 N–H and O–H groups in total. The van der Waals surface area contributed by atoms with Gasteiger partial charge in [-0.3, -0.25) is 4.90 Å². The van der Waals surface area contributed by atoms with E-state index in [1.807, 2.05) is 0 Å². The molecule has 0 radical (unpaired) electrons. The van der Waals surface area contributed by atoms with Crippen LogP contribution < -0.4 is 0 Å². The topological polar surface area (TPSA) is 50.3 Å². The van der Waals surface area contributed by atoms with Crippen LogP contribution in [0.4, 0.5) is 4.79 Å². The van der Waals surface area contributed by atoms with Crippen molar-refractivity contribution in [3.8, 4) is 0 Å². The van der Waals surface area contributed by atoms with Crippen LogP contribution in [0.25, 0.3) is 0 Å². The van der Waals surface area contributed by atoms with Crippen LogP contribution in [0.5, 0.6) is 0 Å². The van der Waals surface area contributed by atoms with Gasteiger partial charge in [-0.1, -0.05) is 136 Å². The fourth-order valence-corrected chi connectivity index (χ4v) is 6.28. The molecule has 0 aromatic rings. The molecular weight excluding hydrogens is 520 g/mol. The average Bonchev–Trinajstić information content (AvgIpc) is 3.00. The van der Waals surface area contributed by atoms with Crippen molar-refractivity contribution in [3.05, 3.63) is 0 Å². The van der Waals surface area contributed by atoms with Crippen molar-refractivity contribution in [3.63, 3.8) is 0 Å². The quantitative estimate of drug-likeness (QED) is 0.0841. The molecule has 1 saturated heterocycles. The molecule has 0 aliphatic carbocycles. The van der Waals surface area contributed by atoms with Gasteiger partial charge in [-0.25, -0.2) is 4.79 Å². The largest absolute Gasteiger partial charge is 0.465 e. The van der Waals surface area contributed by atoms with Crippen LogP contribution in [0.15, 0.2) is 0 Å². The van der Waals surface area contributed by atoms with E-state index in [9.17, 15) is 9.90 Å². The van der Waals surface area contributed by atoms with E-state index in [1.165, 1.54) is 168 Å². The molecule has 250 valence electrons. The molecule has 6 heteroatoms. The summed E-state index contributed by atoms with van der Waals surface area (Å²) in [4.78, 5) is 20.9. The predicted molar refractivity (Wildman–Crippen MR) is 183 cm³/mol. The number of unbranched alkanes of at least 4 members (excludes halogenated alkanes) is 18. The Morgan fingerprint density at radius 2 is 0.810 bits per heavy atom. The zero-order chi connectivity index (χ0) is 30.5. The lowest BCUT2D eigenvalue weighted by atomic mass is 10.1. The van der Waals surface area contributed by atoms with Crippen LogP contribution in [0.1, 0.15) is 156 Å². The van der Waals surface area contributed by atoms with Gasteiger partial charge in [0.1, 0.15) is 0 Å². The Balaban J connectivity index is 2.53. The first kappa shape index (κ1) is 39.2. The second kappa shape index (κ2) is 28.9. The monoisotopic (exact) mass is 595 g/mol. The van der Waals surface area contributed by atoms with E-state index >= 15 is 0 Å². The smallest absolute Gasteiger partial charge is 0.407 e. The third kappa shape index (κ3) is 22.7. The molecule has 1 aliphatic heterocycles. The lowest BCUT2D eigenvalue weighted by Gasteiger charge is -2.35. The molecule has 0 unspecified atom stereocenters. The van der Waals surface area contributed by atoms with Gasteiger partial charge in [0.15, 0.2) is 0 Å². The Hall–Kier alpha value is -0.850. The van der Waals surface area contributed by atoms with Gasteiger partial charge in [-0.15, -0.1) is 0 Å². The molecule has 0 atom stereocenters. The number of hydrogen-bond donors (Lipinski definition) is 1. The zero-order valence-corrected chi connectivity index (χ0v) is 28.8. The molecule has 1 aliphatic rings. The standard InChI is InChI=1S/C36H74N4O2/c1-4-7-10-13-16-19-22-25-37(26-23-20-17-14-11-8-5-2)28-29-38(27-24-21-18-15-12-9-6-3)30-31-39-32-34-40(35-33-39)36(41)42/h4-35H2,1-3H3,(H,41,42). The van der Waals surface area contributed by atoms with Crippen molar-refractivity contribution < 1.29 is 9.90 Å². The minimum atomic E-state index is -0.766. The summed E-state index contributed by atoms with van der Waals surface area (Å²) in [5.41, 5.74) is 0. The van der Waals surface area contributed by atoms with Crippen molar-refractivity contribution in [1.29, 1.82) is 0 Å². The molecule has 0 saturated carbocycles. The molecule has 1 amide bonds. The van der Waals surface area contributed by atoms with Crippen LogP contribution in [-0.4, -0.2) is 103 Å². The number of carboxylic acid groups (broad SMARTS) is 1. The number of rotatable bonds is 30. The summed E-state index contributed by atoms with van der Waals surface area (Å²) in [5.74, 6) is 0. The van der Waals surface area contributed by atoms with Crippen LogP contribution in [0.3, 0.4) is 0 Å². The Kier molecular flexibility index (Phi) is 26.9. The highest BCUT2D eigenvalue weighted by molar-refractivity contribution is 5.65. The summed E-state index contributed by atoms with van der Waals surface area (Å²) < 4.78 is 0. The maximum Gasteiger partial charge on any atom is 0.407 e. The van der Waals surface area contributed by atoms with Crippen LogP contribution in [0.2, 0.25) is 0 Å². The highest BCUT2D eigenvalue weighted by Gasteiger charge is 2.20. The van der Waals surface area contributed by atoms with E-state index in [-0.39, 0.29) is 0 Å². The Morgan fingerprint density at radius 1 is 0.476 bits per heavy atom. The van der Waals surface area contributed by atoms with Gasteiger partial charge in [0.2, 0.25) is 0 Å². The molecule has 0 bridgehead atoms. The SMILES string of the molecule is CCCCCCCCCN(CCCCCCCCC)CCN(CCCCCCCCC)CCN1CCN(C(=O)O)CC1. The molecule has 42 heavy (non-hydrogen) atoms. The van der Waals surface area contributed by atoms with Crippen molar-refractivity contribution in [2.24, 2.45) is 0 Å². The van der Waals surface area contributed by atoms with Crippen LogP contribution >= 0.6 is 0 Å². The maximum absolute atomic E-state index is 11.3. The third-order valence-corrected chi connectivity index (χ3v) is 9.34. The Bertz CT molecular complexity index is 565. The van der Waals surface area contributed by atoms with Gasteiger partial charge in [0.05, 0.1) is 0 Å². The lowest BCUT2D eigenvalue weighted by Crippen LogP contribution is -2.50. The molecule has 0 aromatic heterocycles. The highest BCUT2D eigenvalue weighted by Crippen LogP contribution is 2.12. The fourth-order valence-electron chi connectivity index (χ4n) is 6.28. The zero-order valence-electron chi connectivity index (χ0n) is 28.8. The third-order valence-electron chi connectivity index (χ3n) is 9.34. The van der Waals surface area contributed by atoms with E-state index in [1.54, 1.807) is 4.90 Å². The number of carbonyl (C=O) groups is 1. The van der Waals surface area contributed by atoms with Gasteiger partial charge < -0.3 is 19.8 Å². The Labute approximate surface area is 263 Å². The number of nitrogens with zero attached hydrogens (tertiary/aromatic N) is 4. The van der Waals surface area contributed by atoms with Crippen LogP contribution in [0, 0.1) is 0 Å². The first-order valence-corrected chi connectivity index (χ1v) is 18.8. The van der Waals surface area contributed by atoms with E-state index in [2.05, 4.69) is 35.5 Å². The summed E-state index contributed by atoms with van der Waals surface area (Å²) in [5, 5.41) is 9.30. The Morgan fingerprint density at radius 3 is 1.17 bits per heavy atom. The molecule has 1 rings (SSSR count). The van der Waals surface area contributed by atoms with Gasteiger partial charge in [0.25, 0.3) is 0 Å². The second-order valence-corrected chi connectivity index (χ2v) is 13.2. The number of hydrogen-bond acceptors (Lipinski definition) is 4. The maximum atomic E-state index is 11.3. The lowest BCUT2D eigenvalue weighted by molar-refractivity contribution is 0.0975. The van der Waals surface area contributed by atoms with E-state index < -0.39 is 6.09 Å². The number of amides is 1. The first-order valence-electron chi connectivity index (χ1n) is 18.8. The summed E-state index contributed by atoms with van der Waals surface area (Å²) in [6.07, 6.45) is 28.2. The summed E-state index contributed by atoms with van der Waals surface area (Å²) >= 11 is 0. The van der Waals surface area contributed by atoms with Crippen molar-refractivity contribution in [2.45, 2.75) is 156 Å². The van der Waals surface area contributed by atoms with Crippen molar-refractivity contribution in [2.75, 3.05) is 72.0 Å². The van der Waals surface area contributed by atoms with Gasteiger partial charge in [0, 0.05) is 52.4 Å². The fraction of sp³-hybridized carbons (Fsp3) is 0.972. The summed E-state index contributed by atoms with van der Waals surface area (Å²) in [6.45, 7) is 18.3. The second-order valence-electron chi connectivity index (χ2n) is 13.2. The first-order chi connectivity index (χ1) is 20.6. The van der Waals surface area contributed by atoms with E-state index in [4.69, 9.17) is 0 Å². The minimum absolute atomic E-state index is 0.651. The van der Waals surface area contributed by atoms with Gasteiger partial charge >= 0.3 is 6.09 Å². The van der Waals surface area contributed by atoms with Crippen molar-refractivity contribution in [1.82, 2.24) is 19.6 Å². The molecule has 1 fully saturated rings. The summed E-state index contributed by atoms with van der Waals surface area (Å²) in [7, 11) is 0. The molecular formula is C36H74N4O2. The van der Waals surface area contributed by atoms with Crippen molar-refractivity contribution >= 4 is 6.09 Å². The molecule has 0 spiro atoms. The van der Waals surface area contributed by atoms with Crippen LogP contribution in [-0.2, 0) is 0 Å². The molecule has 1 heterocycles. The predicted octanol–water partition coefficient (Wildman–Crippen LogP) is 9.14. The number of piperazine rings is 1. The molecule has 0 aromatic carbocycles. The normalized spacial score (nSPS) is 14.5. The van der Waals surface area contributed by atoms with E-state index in [0.717, 1.165) is 26.2 Å². The highest BCUT2D eigenvalue weighted by atomic mass is 16.4. The average molecular weight is 595 g/mol. The van der Waals surface area contributed by atoms with Gasteiger partial charge in [-0.05, 0) is 38.9 Å².